The quantitative estimate of drug-likeness (QED) is 0.197. The van der Waals surface area contributed by atoms with Crippen LogP contribution in [-0.2, 0) is 16.6 Å². The molecule has 5 aliphatic heterocycles. The van der Waals surface area contributed by atoms with Gasteiger partial charge in [-0.2, -0.15) is 15.3 Å². The monoisotopic (exact) mass is 866 g/mol. The van der Waals surface area contributed by atoms with E-state index in [9.17, 15) is 23.2 Å². The van der Waals surface area contributed by atoms with Crippen molar-refractivity contribution in [2.24, 2.45) is 18.9 Å². The van der Waals surface area contributed by atoms with Gasteiger partial charge >= 0.3 is 6.03 Å². The maximum atomic E-state index is 14.3. The first-order valence-electron chi connectivity index (χ1n) is 22.3. The van der Waals surface area contributed by atoms with E-state index in [0.29, 0.717) is 36.5 Å². The van der Waals surface area contributed by atoms with Crippen molar-refractivity contribution in [1.29, 1.82) is 0 Å². The van der Waals surface area contributed by atoms with E-state index in [0.717, 1.165) is 113 Å². The largest absolute Gasteiger partial charge is 0.374 e. The fourth-order valence-corrected chi connectivity index (χ4v) is 10.8. The zero-order valence-electron chi connectivity index (χ0n) is 35.3. The average Bonchev–Trinajstić information content (AvgIpc) is 4.12. The number of hydrogen-bond acceptors (Lipinski definition) is 12. The summed E-state index contributed by atoms with van der Waals surface area (Å²) in [6.45, 7) is 9.85. The molecule has 4 amide bonds. The number of piperazine rings is 1. The lowest BCUT2D eigenvalue weighted by Crippen LogP contribution is -2.55. The number of benzene rings is 1. The Bertz CT molecular complexity index is 2550. The molecule has 0 radical (unpaired) electrons. The van der Waals surface area contributed by atoms with Gasteiger partial charge in [-0.05, 0) is 56.2 Å². The van der Waals surface area contributed by atoms with Gasteiger partial charge in [-0.25, -0.2) is 23.1 Å². The summed E-state index contributed by atoms with van der Waals surface area (Å²) in [6, 6.07) is 7.80. The number of ether oxygens (including phenoxy) is 1. The van der Waals surface area contributed by atoms with Crippen molar-refractivity contribution >= 4 is 57.4 Å². The second kappa shape index (κ2) is 16.1. The van der Waals surface area contributed by atoms with Gasteiger partial charge < -0.3 is 29.7 Å². The highest BCUT2D eigenvalue weighted by atomic mass is 19.3. The Morgan fingerprint density at radius 1 is 0.952 bits per heavy atom. The molecule has 1 saturated carbocycles. The minimum Gasteiger partial charge on any atom is -0.374 e. The van der Waals surface area contributed by atoms with Crippen molar-refractivity contribution in [1.82, 2.24) is 49.3 Å². The van der Waals surface area contributed by atoms with Crippen LogP contribution in [0.4, 0.5) is 36.6 Å². The Hall–Kier alpha value is -5.73. The van der Waals surface area contributed by atoms with Gasteiger partial charge in [-0.1, -0.05) is 6.07 Å². The third-order valence-electron chi connectivity index (χ3n) is 14.1. The number of imide groups is 1. The number of rotatable bonds is 11. The summed E-state index contributed by atoms with van der Waals surface area (Å²) in [7, 11) is 1.90. The molecule has 1 aliphatic carbocycles. The third-order valence-corrected chi connectivity index (χ3v) is 14.1. The molecule has 63 heavy (non-hydrogen) atoms. The van der Waals surface area contributed by atoms with Crippen LogP contribution in [0.2, 0.25) is 0 Å². The fourth-order valence-electron chi connectivity index (χ4n) is 10.8. The molecule has 6 fully saturated rings. The summed E-state index contributed by atoms with van der Waals surface area (Å²) >= 11 is 0. The highest BCUT2D eigenvalue weighted by molar-refractivity contribution is 6.10. The number of nitrogens with zero attached hydrogens (tertiary/aromatic N) is 12. The lowest BCUT2D eigenvalue weighted by molar-refractivity contribution is -0.120. The summed E-state index contributed by atoms with van der Waals surface area (Å²) in [5.41, 5.74) is 2.25. The summed E-state index contributed by atoms with van der Waals surface area (Å²) < 4.78 is 39.4. The van der Waals surface area contributed by atoms with Crippen molar-refractivity contribution in [2.45, 2.75) is 63.1 Å². The van der Waals surface area contributed by atoms with Gasteiger partial charge in [-0.15, -0.1) is 0 Å². The number of carbonyl (C=O) groups excluding carboxylic acids is 3. The predicted octanol–water partition coefficient (Wildman–Crippen LogP) is 3.91. The van der Waals surface area contributed by atoms with Crippen molar-refractivity contribution in [2.75, 3.05) is 92.1 Å². The number of anilines is 4. The van der Waals surface area contributed by atoms with Gasteiger partial charge in [0.2, 0.25) is 5.91 Å². The predicted molar refractivity (Wildman–Crippen MR) is 229 cm³/mol. The van der Waals surface area contributed by atoms with Gasteiger partial charge in [0.15, 0.2) is 17.2 Å². The van der Waals surface area contributed by atoms with Gasteiger partial charge in [0.1, 0.15) is 11.4 Å². The number of alkyl halides is 2. The lowest BCUT2D eigenvalue weighted by atomic mass is 9.85. The zero-order valence-corrected chi connectivity index (χ0v) is 35.3. The number of carbonyl (C=O) groups is 3. The standard InChI is InChI=1S/C43H52F2N14O4/c1-52-38-31(41(51-52)56-11-10-36(60)49-43(56)62)3-2-4-34(38)55-21-27(22-55)20-54-15-13-53(14-16-54)19-26-5-7-28(8-6-26)59-24-33(37(50-59)39(44)45)47-42(61)32-18-46-58-12-9-35(48-40(32)58)57-23-30-17-29(57)25-63-30/h2-4,9,12,18,24,26-30,39H,5-8,10-11,13-17,19-23,25H2,1H3,(H,47,61)(H,49,60,62)/t26?,28?,29-,30-/m1/s1. The zero-order chi connectivity index (χ0) is 42.9. The highest BCUT2D eigenvalue weighted by Gasteiger charge is 2.40. The first-order chi connectivity index (χ1) is 30.6. The SMILES string of the molecule is Cn1nc(N2CCC(=O)NC2=O)c2cccc(N3CC(CN4CCN(CC5CCC(n6cc(NC(=O)c7cnn8ccc(N9C[C@H]%10C[C@@H]9CO%10)nc78)c(C(F)F)n6)CC5)CC4)C3)c21. The number of morpholine rings is 1. The third kappa shape index (κ3) is 7.54. The van der Waals surface area contributed by atoms with Crippen LogP contribution in [-0.4, -0.2) is 146 Å². The van der Waals surface area contributed by atoms with E-state index in [1.807, 2.05) is 29.9 Å². The van der Waals surface area contributed by atoms with Crippen LogP contribution in [0.25, 0.3) is 16.6 Å². The number of hydrogen-bond donors (Lipinski definition) is 2. The van der Waals surface area contributed by atoms with Crippen LogP contribution in [0.1, 0.15) is 67.0 Å². The van der Waals surface area contributed by atoms with E-state index in [-0.39, 0.29) is 41.8 Å². The van der Waals surface area contributed by atoms with E-state index < -0.39 is 24.1 Å². The molecular formula is C43H52F2N14O4. The average molecular weight is 867 g/mol. The van der Waals surface area contributed by atoms with E-state index in [1.165, 1.54) is 10.7 Å². The first kappa shape index (κ1) is 40.1. The molecule has 9 heterocycles. The van der Waals surface area contributed by atoms with Crippen molar-refractivity contribution in [3.05, 3.63) is 54.1 Å². The number of nitrogens with one attached hydrogen (secondary N) is 2. The Morgan fingerprint density at radius 3 is 2.44 bits per heavy atom. The molecule has 18 nitrogen and oxygen atoms in total. The number of urea groups is 1. The Kier molecular flexibility index (Phi) is 10.3. The number of aromatic nitrogens is 7. The molecule has 0 spiro atoms. The topological polar surface area (TPSA) is 167 Å². The molecule has 332 valence electrons. The van der Waals surface area contributed by atoms with Crippen molar-refractivity contribution in [3.63, 3.8) is 0 Å². The molecule has 20 heteroatoms. The van der Waals surface area contributed by atoms with Crippen LogP contribution in [0.15, 0.2) is 42.9 Å². The molecule has 11 rings (SSSR count). The Morgan fingerprint density at radius 2 is 1.73 bits per heavy atom. The molecule has 0 unspecified atom stereocenters. The second-order valence-electron chi connectivity index (χ2n) is 18.2. The van der Waals surface area contributed by atoms with E-state index in [2.05, 4.69) is 46.5 Å². The smallest absolute Gasteiger partial charge is 0.329 e. The Balaban J connectivity index is 0.648. The van der Waals surface area contributed by atoms with Gasteiger partial charge in [-0.3, -0.25) is 29.2 Å². The maximum Gasteiger partial charge on any atom is 0.329 e. The highest BCUT2D eigenvalue weighted by Crippen LogP contribution is 2.38. The number of para-hydroxylation sites is 1. The molecule has 5 saturated heterocycles. The molecule has 1 aromatic carbocycles. The van der Waals surface area contributed by atoms with E-state index in [1.54, 1.807) is 22.0 Å². The summed E-state index contributed by atoms with van der Waals surface area (Å²) in [5.74, 6) is 1.61. The number of aryl methyl sites for hydroxylation is 1. The minimum atomic E-state index is -2.84. The second-order valence-corrected chi connectivity index (χ2v) is 18.2. The van der Waals surface area contributed by atoms with E-state index >= 15 is 0 Å². The molecule has 2 bridgehead atoms. The Labute approximate surface area is 362 Å². The van der Waals surface area contributed by atoms with Crippen LogP contribution in [0, 0.1) is 11.8 Å². The summed E-state index contributed by atoms with van der Waals surface area (Å²) in [4.78, 5) is 53.9. The number of amides is 4. The lowest BCUT2D eigenvalue weighted by Gasteiger charge is -2.45. The maximum absolute atomic E-state index is 14.3. The molecule has 2 N–H and O–H groups in total. The van der Waals surface area contributed by atoms with Crippen molar-refractivity contribution in [3.8, 4) is 0 Å². The minimum absolute atomic E-state index is 0.0128. The molecule has 6 aliphatic rings. The van der Waals surface area contributed by atoms with Crippen LogP contribution in [0.5, 0.6) is 0 Å². The molecular weight excluding hydrogens is 815 g/mol. The van der Waals surface area contributed by atoms with E-state index in [4.69, 9.17) is 14.8 Å². The van der Waals surface area contributed by atoms with Crippen LogP contribution < -0.4 is 25.3 Å². The summed E-state index contributed by atoms with van der Waals surface area (Å²) in [6.07, 6.45) is 6.96. The number of fused-ring (bicyclic) bond motifs is 4. The van der Waals surface area contributed by atoms with Gasteiger partial charge in [0.05, 0.1) is 47.9 Å². The van der Waals surface area contributed by atoms with Crippen LogP contribution >= 0.6 is 0 Å². The fraction of sp³-hybridized carbons (Fsp3) is 0.558. The molecule has 4 aromatic heterocycles. The molecule has 5 aromatic rings. The number of halogens is 2. The van der Waals surface area contributed by atoms with Crippen molar-refractivity contribution < 1.29 is 27.9 Å². The molecule has 2 atom stereocenters. The van der Waals surface area contributed by atoms with Gasteiger partial charge in [0.25, 0.3) is 12.3 Å². The first-order valence-corrected chi connectivity index (χ1v) is 22.3. The van der Waals surface area contributed by atoms with Crippen LogP contribution in [0.3, 0.4) is 0 Å². The summed E-state index contributed by atoms with van der Waals surface area (Å²) in [5, 5.41) is 19.3. The van der Waals surface area contributed by atoms with Gasteiger partial charge in [0, 0.05) is 103 Å². The normalized spacial score (nSPS) is 24.9.